The van der Waals surface area contributed by atoms with E-state index in [-0.39, 0.29) is 0 Å². The van der Waals surface area contributed by atoms with Crippen LogP contribution in [0.15, 0.2) is 30.5 Å². The van der Waals surface area contributed by atoms with Gasteiger partial charge in [-0.25, -0.2) is 9.97 Å². The molecule has 5 heteroatoms. The smallest absolute Gasteiger partial charge is 0.125 e. The van der Waals surface area contributed by atoms with Crippen molar-refractivity contribution in [3.05, 3.63) is 57.6 Å². The third-order valence-corrected chi connectivity index (χ3v) is 3.06. The van der Waals surface area contributed by atoms with E-state index >= 15 is 0 Å². The van der Waals surface area contributed by atoms with Crippen LogP contribution in [0.5, 0.6) is 0 Å². The highest BCUT2D eigenvalue weighted by Crippen LogP contribution is 2.20. The molecule has 1 aromatic carbocycles. The molecule has 0 saturated heterocycles. The Morgan fingerprint density at radius 1 is 1.17 bits per heavy atom. The van der Waals surface area contributed by atoms with Crippen molar-refractivity contribution in [1.82, 2.24) is 15.3 Å². The van der Waals surface area contributed by atoms with Gasteiger partial charge in [-0.05, 0) is 30.7 Å². The van der Waals surface area contributed by atoms with Crippen LogP contribution in [0.2, 0.25) is 10.0 Å². The van der Waals surface area contributed by atoms with Crippen LogP contribution < -0.4 is 5.32 Å². The maximum Gasteiger partial charge on any atom is 0.125 e. The van der Waals surface area contributed by atoms with E-state index in [4.69, 9.17) is 23.2 Å². The molecule has 0 radical (unpaired) electrons. The minimum Gasteiger partial charge on any atom is -0.307 e. The quantitative estimate of drug-likeness (QED) is 0.934. The van der Waals surface area contributed by atoms with Gasteiger partial charge in [0.1, 0.15) is 5.82 Å². The number of hydrogen-bond acceptors (Lipinski definition) is 3. The molecule has 18 heavy (non-hydrogen) atoms. The standard InChI is InChI=1S/C13H13Cl2N3/c1-9-17-5-4-12(18-9)8-16-7-10-2-3-11(14)6-13(10)15/h2-6,16H,7-8H2,1H3. The van der Waals surface area contributed by atoms with Gasteiger partial charge in [0.15, 0.2) is 0 Å². The lowest BCUT2D eigenvalue weighted by molar-refractivity contribution is 0.675. The van der Waals surface area contributed by atoms with Gasteiger partial charge in [-0.3, -0.25) is 0 Å². The molecule has 2 rings (SSSR count). The summed E-state index contributed by atoms with van der Waals surface area (Å²) in [5.74, 6) is 0.777. The van der Waals surface area contributed by atoms with Crippen molar-refractivity contribution < 1.29 is 0 Å². The van der Waals surface area contributed by atoms with Gasteiger partial charge < -0.3 is 5.32 Å². The molecule has 0 aliphatic rings. The van der Waals surface area contributed by atoms with Crippen molar-refractivity contribution in [2.24, 2.45) is 0 Å². The number of aromatic nitrogens is 2. The second kappa shape index (κ2) is 6.14. The van der Waals surface area contributed by atoms with Crippen molar-refractivity contribution in [2.45, 2.75) is 20.0 Å². The van der Waals surface area contributed by atoms with Gasteiger partial charge in [-0.1, -0.05) is 29.3 Å². The number of nitrogens with zero attached hydrogens (tertiary/aromatic N) is 2. The van der Waals surface area contributed by atoms with E-state index in [9.17, 15) is 0 Å². The Morgan fingerprint density at radius 3 is 2.72 bits per heavy atom. The minimum atomic E-state index is 0.648. The highest BCUT2D eigenvalue weighted by Gasteiger charge is 2.01. The topological polar surface area (TPSA) is 37.8 Å². The molecule has 1 heterocycles. The van der Waals surface area contributed by atoms with E-state index in [0.29, 0.717) is 23.1 Å². The van der Waals surface area contributed by atoms with Gasteiger partial charge in [0, 0.05) is 29.3 Å². The van der Waals surface area contributed by atoms with Gasteiger partial charge in [0.25, 0.3) is 0 Å². The van der Waals surface area contributed by atoms with Crippen molar-refractivity contribution in [3.8, 4) is 0 Å². The number of benzene rings is 1. The van der Waals surface area contributed by atoms with Gasteiger partial charge in [0.05, 0.1) is 5.69 Å². The number of aryl methyl sites for hydroxylation is 1. The predicted octanol–water partition coefficient (Wildman–Crippen LogP) is 3.38. The molecule has 0 aliphatic heterocycles. The zero-order valence-corrected chi connectivity index (χ0v) is 11.5. The summed E-state index contributed by atoms with van der Waals surface area (Å²) < 4.78 is 0. The molecule has 0 atom stereocenters. The molecular weight excluding hydrogens is 269 g/mol. The lowest BCUT2D eigenvalue weighted by Gasteiger charge is -2.07. The first-order valence-corrected chi connectivity index (χ1v) is 6.34. The van der Waals surface area contributed by atoms with Gasteiger partial charge >= 0.3 is 0 Å². The third-order valence-electron chi connectivity index (χ3n) is 2.47. The molecule has 1 aromatic heterocycles. The molecule has 94 valence electrons. The maximum atomic E-state index is 6.09. The van der Waals surface area contributed by atoms with Crippen molar-refractivity contribution in [3.63, 3.8) is 0 Å². The second-order valence-corrected chi connectivity index (χ2v) is 4.78. The Morgan fingerprint density at radius 2 is 2.00 bits per heavy atom. The summed E-state index contributed by atoms with van der Waals surface area (Å²) in [6.45, 7) is 3.24. The van der Waals surface area contributed by atoms with E-state index in [0.717, 1.165) is 17.1 Å². The van der Waals surface area contributed by atoms with Crippen LogP contribution in [0.1, 0.15) is 17.1 Å². The van der Waals surface area contributed by atoms with Crippen molar-refractivity contribution in [2.75, 3.05) is 0 Å². The number of nitrogens with one attached hydrogen (secondary N) is 1. The Hall–Kier alpha value is -1.16. The summed E-state index contributed by atoms with van der Waals surface area (Å²) in [6.07, 6.45) is 1.76. The molecule has 0 amide bonds. The highest BCUT2D eigenvalue weighted by molar-refractivity contribution is 6.35. The van der Waals surface area contributed by atoms with E-state index in [2.05, 4.69) is 15.3 Å². The van der Waals surface area contributed by atoms with E-state index in [1.807, 2.05) is 25.1 Å². The summed E-state index contributed by atoms with van der Waals surface area (Å²) >= 11 is 11.9. The first-order chi connectivity index (χ1) is 8.65. The summed E-state index contributed by atoms with van der Waals surface area (Å²) in [5.41, 5.74) is 1.99. The minimum absolute atomic E-state index is 0.648. The Bertz CT molecular complexity index is 544. The van der Waals surface area contributed by atoms with E-state index in [1.54, 1.807) is 12.3 Å². The molecule has 0 unspecified atom stereocenters. The van der Waals surface area contributed by atoms with Gasteiger partial charge in [-0.15, -0.1) is 0 Å². The third kappa shape index (κ3) is 3.67. The molecule has 0 spiro atoms. The highest BCUT2D eigenvalue weighted by atomic mass is 35.5. The molecule has 1 N–H and O–H groups in total. The van der Waals surface area contributed by atoms with Crippen LogP contribution in [-0.2, 0) is 13.1 Å². The summed E-state index contributed by atoms with van der Waals surface area (Å²) in [6, 6.07) is 7.39. The SMILES string of the molecule is Cc1nccc(CNCc2ccc(Cl)cc2Cl)n1. The fraction of sp³-hybridized carbons (Fsp3) is 0.231. The van der Waals surface area contributed by atoms with E-state index < -0.39 is 0 Å². The lowest BCUT2D eigenvalue weighted by atomic mass is 10.2. The first-order valence-electron chi connectivity index (χ1n) is 5.58. The molecular formula is C13H13Cl2N3. The number of halogens is 2. The monoisotopic (exact) mass is 281 g/mol. The summed E-state index contributed by atoms with van der Waals surface area (Å²) in [5, 5.41) is 4.61. The average molecular weight is 282 g/mol. The largest absolute Gasteiger partial charge is 0.307 e. The average Bonchev–Trinajstić information content (AvgIpc) is 2.32. The molecule has 2 aromatic rings. The summed E-state index contributed by atoms with van der Waals surface area (Å²) in [4.78, 5) is 8.37. The number of rotatable bonds is 4. The summed E-state index contributed by atoms with van der Waals surface area (Å²) in [7, 11) is 0. The van der Waals surface area contributed by atoms with Gasteiger partial charge in [-0.2, -0.15) is 0 Å². The van der Waals surface area contributed by atoms with Crippen LogP contribution in [0.4, 0.5) is 0 Å². The van der Waals surface area contributed by atoms with Crippen LogP contribution >= 0.6 is 23.2 Å². The zero-order chi connectivity index (χ0) is 13.0. The van der Waals surface area contributed by atoms with Crippen LogP contribution in [-0.4, -0.2) is 9.97 Å². The first kappa shape index (κ1) is 13.3. The predicted molar refractivity (Wildman–Crippen MR) is 73.8 cm³/mol. The number of hydrogen-bond donors (Lipinski definition) is 1. The normalized spacial score (nSPS) is 10.6. The zero-order valence-electron chi connectivity index (χ0n) is 9.95. The maximum absolute atomic E-state index is 6.09. The molecule has 0 aliphatic carbocycles. The molecule has 0 bridgehead atoms. The molecule has 3 nitrogen and oxygen atoms in total. The fourth-order valence-electron chi connectivity index (χ4n) is 1.59. The molecule has 0 fully saturated rings. The van der Waals surface area contributed by atoms with E-state index in [1.165, 1.54) is 0 Å². The second-order valence-electron chi connectivity index (χ2n) is 3.93. The van der Waals surface area contributed by atoms with Crippen molar-refractivity contribution >= 4 is 23.2 Å². The Kier molecular flexibility index (Phi) is 4.53. The lowest BCUT2D eigenvalue weighted by Crippen LogP contribution is -2.14. The van der Waals surface area contributed by atoms with Crippen LogP contribution in [0, 0.1) is 6.92 Å². The van der Waals surface area contributed by atoms with Crippen LogP contribution in [0.25, 0.3) is 0 Å². The molecule has 0 saturated carbocycles. The van der Waals surface area contributed by atoms with Crippen LogP contribution in [0.3, 0.4) is 0 Å². The van der Waals surface area contributed by atoms with Gasteiger partial charge in [0.2, 0.25) is 0 Å². The Labute approximate surface area is 116 Å². The van der Waals surface area contributed by atoms with Crippen molar-refractivity contribution in [1.29, 1.82) is 0 Å². The fourth-order valence-corrected chi connectivity index (χ4v) is 2.07. The Balaban J connectivity index is 1.92.